The predicted molar refractivity (Wildman–Crippen MR) is 69.8 cm³/mol. The van der Waals surface area contributed by atoms with Gasteiger partial charge in [0.05, 0.1) is 31.6 Å². The van der Waals surface area contributed by atoms with E-state index < -0.39 is 0 Å². The third-order valence-corrected chi connectivity index (χ3v) is 4.30. The first kappa shape index (κ1) is 11.4. The molecule has 0 unspecified atom stereocenters. The third-order valence-electron chi connectivity index (χ3n) is 4.30. The predicted octanol–water partition coefficient (Wildman–Crippen LogP) is 0.567. The van der Waals surface area contributed by atoms with Crippen molar-refractivity contribution in [2.75, 3.05) is 40.0 Å². The molecule has 0 saturated carbocycles. The van der Waals surface area contributed by atoms with Crippen LogP contribution in [-0.4, -0.2) is 59.2 Å². The Kier molecular flexibility index (Phi) is 2.41. The van der Waals surface area contributed by atoms with Gasteiger partial charge in [0.15, 0.2) is 0 Å². The van der Waals surface area contributed by atoms with E-state index in [-0.39, 0.29) is 0 Å². The molecule has 0 radical (unpaired) electrons. The van der Waals surface area contributed by atoms with Crippen LogP contribution in [-0.2, 0) is 6.54 Å². The molecular weight excluding hydrogens is 238 g/mol. The lowest BCUT2D eigenvalue weighted by molar-refractivity contribution is -0.991. The van der Waals surface area contributed by atoms with Crippen molar-refractivity contribution in [1.29, 1.82) is 5.26 Å². The van der Waals surface area contributed by atoms with E-state index in [9.17, 15) is 0 Å². The van der Waals surface area contributed by atoms with Crippen molar-refractivity contribution in [1.82, 2.24) is 14.7 Å². The zero-order valence-corrected chi connectivity index (χ0v) is 11.0. The number of nitrogens with zero attached hydrogens (tertiary/aromatic N) is 5. The zero-order valence-electron chi connectivity index (χ0n) is 11.0. The topological polar surface area (TPSA) is 33.5 Å². The van der Waals surface area contributed by atoms with E-state index in [1.165, 1.54) is 5.56 Å². The molecule has 4 fully saturated rings. The van der Waals surface area contributed by atoms with E-state index in [0.717, 1.165) is 56.6 Å². The minimum absolute atomic E-state index is 0.748. The van der Waals surface area contributed by atoms with Gasteiger partial charge in [0, 0.05) is 5.56 Å². The number of nitriles is 1. The summed E-state index contributed by atoms with van der Waals surface area (Å²) in [5, 5.41) is 8.86. The van der Waals surface area contributed by atoms with Crippen LogP contribution in [0, 0.1) is 11.3 Å². The second kappa shape index (κ2) is 4.02. The summed E-state index contributed by atoms with van der Waals surface area (Å²) in [7, 11) is 0. The molecule has 0 aliphatic carbocycles. The maximum atomic E-state index is 8.86. The van der Waals surface area contributed by atoms with Crippen molar-refractivity contribution < 1.29 is 4.48 Å². The number of hydrogen-bond donors (Lipinski definition) is 0. The lowest BCUT2D eigenvalue weighted by Crippen LogP contribution is -2.78. The molecule has 4 aliphatic heterocycles. The average Bonchev–Trinajstić information content (AvgIpc) is 2.37. The highest BCUT2D eigenvalue weighted by atomic mass is 15.7. The average molecular weight is 256 g/mol. The Morgan fingerprint density at radius 3 is 1.95 bits per heavy atom. The first-order chi connectivity index (χ1) is 9.25. The second-order valence-electron chi connectivity index (χ2n) is 6.17. The molecule has 4 bridgehead atoms. The normalized spacial score (nSPS) is 39.2. The van der Waals surface area contributed by atoms with E-state index in [4.69, 9.17) is 5.26 Å². The highest BCUT2D eigenvalue weighted by molar-refractivity contribution is 5.31. The fraction of sp³-hybridized carbons (Fsp3) is 0.500. The van der Waals surface area contributed by atoms with Gasteiger partial charge in [-0.05, 0) is 12.1 Å². The molecule has 0 spiro atoms. The summed E-state index contributed by atoms with van der Waals surface area (Å²) in [6.07, 6.45) is 0. The van der Waals surface area contributed by atoms with Crippen LogP contribution in [0.1, 0.15) is 11.1 Å². The van der Waals surface area contributed by atoms with Gasteiger partial charge < -0.3 is 0 Å². The van der Waals surface area contributed by atoms with E-state index in [0.29, 0.717) is 0 Å². The van der Waals surface area contributed by atoms with Crippen molar-refractivity contribution in [3.05, 3.63) is 35.4 Å². The number of hydrogen-bond acceptors (Lipinski definition) is 4. The van der Waals surface area contributed by atoms with Gasteiger partial charge in [-0.25, -0.2) is 14.7 Å². The number of rotatable bonds is 2. The molecule has 1 aromatic carbocycles. The Balaban J connectivity index is 1.57. The van der Waals surface area contributed by atoms with Gasteiger partial charge in [0.25, 0.3) is 0 Å². The number of benzene rings is 1. The van der Waals surface area contributed by atoms with Crippen LogP contribution >= 0.6 is 0 Å². The molecular formula is C14H18N5+. The zero-order chi connectivity index (χ0) is 12.9. The van der Waals surface area contributed by atoms with Crippen molar-refractivity contribution in [2.24, 2.45) is 0 Å². The van der Waals surface area contributed by atoms with Crippen LogP contribution in [0.2, 0.25) is 0 Å². The molecule has 4 aliphatic rings. The first-order valence-electron chi connectivity index (χ1n) is 6.76. The number of quaternary nitrogens is 1. The summed E-state index contributed by atoms with van der Waals surface area (Å²) in [6, 6.07) is 10.3. The monoisotopic (exact) mass is 256 g/mol. The van der Waals surface area contributed by atoms with Gasteiger partial charge in [-0.3, -0.25) is 4.48 Å². The van der Waals surface area contributed by atoms with Crippen molar-refractivity contribution in [3.8, 4) is 6.07 Å². The molecule has 0 amide bonds. The van der Waals surface area contributed by atoms with Crippen LogP contribution < -0.4 is 0 Å². The Morgan fingerprint density at radius 2 is 1.47 bits per heavy atom. The Bertz CT molecular complexity index is 494. The Labute approximate surface area is 113 Å². The highest BCUT2D eigenvalue weighted by Gasteiger charge is 2.48. The fourth-order valence-corrected chi connectivity index (χ4v) is 3.88. The van der Waals surface area contributed by atoms with E-state index in [1.54, 1.807) is 0 Å². The van der Waals surface area contributed by atoms with Gasteiger partial charge in [0.1, 0.15) is 26.6 Å². The van der Waals surface area contributed by atoms with Crippen LogP contribution in [0.25, 0.3) is 0 Å². The summed E-state index contributed by atoms with van der Waals surface area (Å²) in [5.41, 5.74) is 2.09. The molecule has 0 atom stereocenters. The lowest BCUT2D eigenvalue weighted by atomic mass is 10.1. The largest absolute Gasteiger partial charge is 0.282 e. The molecule has 98 valence electrons. The standard InChI is InChI=1S/C14H18N5/c15-5-13-1-3-14(4-2-13)6-19-10-16-7-17(11-19)9-18(8-16)12-19/h1-4H,6-12H2/q+1. The van der Waals surface area contributed by atoms with Crippen LogP contribution in [0.5, 0.6) is 0 Å². The third kappa shape index (κ3) is 1.94. The highest BCUT2D eigenvalue weighted by Crippen LogP contribution is 2.30. The molecule has 19 heavy (non-hydrogen) atoms. The first-order valence-corrected chi connectivity index (χ1v) is 6.76. The molecule has 5 heteroatoms. The van der Waals surface area contributed by atoms with Gasteiger partial charge in [0.2, 0.25) is 0 Å². The van der Waals surface area contributed by atoms with Crippen molar-refractivity contribution >= 4 is 0 Å². The summed E-state index contributed by atoms with van der Waals surface area (Å²) < 4.78 is 1.12. The molecule has 0 aromatic heterocycles. The smallest absolute Gasteiger partial charge is 0.139 e. The SMILES string of the molecule is N#Cc1ccc(C[N+]23CN4CN(CN(C4)C2)C3)cc1. The van der Waals surface area contributed by atoms with Gasteiger partial charge in [-0.1, -0.05) is 12.1 Å². The minimum Gasteiger partial charge on any atom is -0.282 e. The fourth-order valence-electron chi connectivity index (χ4n) is 3.88. The molecule has 5 rings (SSSR count). The van der Waals surface area contributed by atoms with Crippen LogP contribution in [0.3, 0.4) is 0 Å². The maximum Gasteiger partial charge on any atom is 0.139 e. The quantitative estimate of drug-likeness (QED) is 0.724. The lowest BCUT2D eigenvalue weighted by Gasteiger charge is -2.60. The van der Waals surface area contributed by atoms with Gasteiger partial charge in [-0.2, -0.15) is 5.26 Å². The van der Waals surface area contributed by atoms with E-state index in [2.05, 4.69) is 32.9 Å². The van der Waals surface area contributed by atoms with Gasteiger partial charge in [-0.15, -0.1) is 0 Å². The Morgan fingerprint density at radius 1 is 0.947 bits per heavy atom. The summed E-state index contributed by atoms with van der Waals surface area (Å²) in [5.74, 6) is 0. The molecule has 4 heterocycles. The van der Waals surface area contributed by atoms with Crippen molar-refractivity contribution in [3.63, 3.8) is 0 Å². The Hall–Kier alpha value is -1.45. The van der Waals surface area contributed by atoms with Crippen LogP contribution in [0.4, 0.5) is 0 Å². The molecule has 5 nitrogen and oxygen atoms in total. The van der Waals surface area contributed by atoms with Gasteiger partial charge >= 0.3 is 0 Å². The molecule has 4 saturated heterocycles. The summed E-state index contributed by atoms with van der Waals surface area (Å²) in [4.78, 5) is 7.58. The van der Waals surface area contributed by atoms with Crippen LogP contribution in [0.15, 0.2) is 24.3 Å². The van der Waals surface area contributed by atoms with E-state index in [1.807, 2.05) is 12.1 Å². The maximum absolute atomic E-state index is 8.86. The second-order valence-corrected chi connectivity index (χ2v) is 6.17. The molecule has 0 N–H and O–H groups in total. The van der Waals surface area contributed by atoms with Crippen molar-refractivity contribution in [2.45, 2.75) is 6.54 Å². The minimum atomic E-state index is 0.748. The summed E-state index contributed by atoms with van der Waals surface area (Å²) >= 11 is 0. The van der Waals surface area contributed by atoms with E-state index >= 15 is 0 Å². The molecule has 1 aromatic rings. The summed E-state index contributed by atoms with van der Waals surface area (Å²) in [6.45, 7) is 7.93.